The predicted molar refractivity (Wildman–Crippen MR) is 87.0 cm³/mol. The van der Waals surface area contributed by atoms with Gasteiger partial charge in [0.1, 0.15) is 12.2 Å². The zero-order valence-corrected chi connectivity index (χ0v) is 15.1. The molecule has 5 nitrogen and oxygen atoms in total. The molecule has 23 heavy (non-hydrogen) atoms. The second-order valence-electron chi connectivity index (χ2n) is 8.04. The molecule has 5 heteroatoms. The highest BCUT2D eigenvalue weighted by Gasteiger charge is 2.55. The van der Waals surface area contributed by atoms with Crippen LogP contribution >= 0.6 is 0 Å². The van der Waals surface area contributed by atoms with E-state index in [1.807, 2.05) is 20.8 Å². The fourth-order valence-electron chi connectivity index (χ4n) is 3.40. The molecule has 0 aromatic heterocycles. The number of fused-ring (bicyclic) bond motifs is 2. The lowest BCUT2D eigenvalue weighted by Crippen LogP contribution is -2.50. The summed E-state index contributed by atoms with van der Waals surface area (Å²) in [6.45, 7) is 14.6. The lowest BCUT2D eigenvalue weighted by atomic mass is 9.77. The Morgan fingerprint density at radius 3 is 2.39 bits per heavy atom. The van der Waals surface area contributed by atoms with E-state index in [2.05, 4.69) is 6.58 Å². The Kier molecular flexibility index (Phi) is 4.96. The molecule has 0 amide bonds. The second kappa shape index (κ2) is 6.19. The topological polar surface area (TPSA) is 65.0 Å². The van der Waals surface area contributed by atoms with Crippen LogP contribution in [0.1, 0.15) is 54.4 Å². The van der Waals surface area contributed by atoms with E-state index in [0.717, 1.165) is 12.8 Å². The number of esters is 1. The number of carbonyl (C=O) groups is 1. The largest absolute Gasteiger partial charge is 0.456 e. The Labute approximate surface area is 139 Å². The van der Waals surface area contributed by atoms with Crippen molar-refractivity contribution >= 4 is 5.97 Å². The molecule has 0 aliphatic carbocycles. The molecule has 2 rings (SSSR count). The minimum Gasteiger partial charge on any atom is -0.456 e. The molecule has 2 aliphatic heterocycles. The first kappa shape index (κ1) is 18.4. The quantitative estimate of drug-likeness (QED) is 0.600. The van der Waals surface area contributed by atoms with E-state index in [1.165, 1.54) is 0 Å². The number of hydrogen-bond acceptors (Lipinski definition) is 5. The molecule has 0 spiro atoms. The predicted octanol–water partition coefficient (Wildman–Crippen LogP) is 2.61. The van der Waals surface area contributed by atoms with Crippen LogP contribution in [0, 0.1) is 5.92 Å². The van der Waals surface area contributed by atoms with Crippen molar-refractivity contribution in [3.05, 3.63) is 12.2 Å². The first-order valence-electron chi connectivity index (χ1n) is 8.34. The maximum absolute atomic E-state index is 11.8. The smallest absolute Gasteiger partial charge is 0.333 e. The monoisotopic (exact) mass is 326 g/mol. The molecule has 0 saturated carbocycles. The first-order valence-corrected chi connectivity index (χ1v) is 8.34. The Bertz CT molecular complexity index is 476. The molecule has 2 fully saturated rings. The number of hydrogen-bond donors (Lipinski definition) is 1. The van der Waals surface area contributed by atoms with Gasteiger partial charge in [-0.1, -0.05) is 6.58 Å². The van der Waals surface area contributed by atoms with Crippen molar-refractivity contribution in [3.8, 4) is 0 Å². The summed E-state index contributed by atoms with van der Waals surface area (Å²) < 4.78 is 17.7. The Hall–Kier alpha value is -0.910. The molecule has 5 unspecified atom stereocenters. The lowest BCUT2D eigenvalue weighted by molar-refractivity contribution is -0.179. The number of rotatable bonds is 6. The summed E-state index contributed by atoms with van der Waals surface area (Å²) >= 11 is 0. The maximum Gasteiger partial charge on any atom is 0.333 e. The lowest BCUT2D eigenvalue weighted by Gasteiger charge is -2.41. The van der Waals surface area contributed by atoms with Gasteiger partial charge >= 0.3 is 5.97 Å². The van der Waals surface area contributed by atoms with E-state index < -0.39 is 11.2 Å². The van der Waals surface area contributed by atoms with Gasteiger partial charge in [-0.25, -0.2) is 4.79 Å². The highest BCUT2D eigenvalue weighted by molar-refractivity contribution is 5.87. The minimum atomic E-state index is -0.915. The molecule has 132 valence electrons. The van der Waals surface area contributed by atoms with Gasteiger partial charge in [0, 0.05) is 17.9 Å². The van der Waals surface area contributed by atoms with Crippen molar-refractivity contribution in [1.29, 1.82) is 0 Å². The zero-order valence-electron chi connectivity index (χ0n) is 15.1. The molecule has 2 aliphatic rings. The Morgan fingerprint density at radius 2 is 1.91 bits per heavy atom. The molecule has 5 atom stereocenters. The summed E-state index contributed by atoms with van der Waals surface area (Å²) in [7, 11) is 0. The molecule has 2 heterocycles. The van der Waals surface area contributed by atoms with Crippen LogP contribution < -0.4 is 0 Å². The third-order valence-electron chi connectivity index (χ3n) is 5.10. The van der Waals surface area contributed by atoms with E-state index in [9.17, 15) is 9.90 Å². The Balaban J connectivity index is 2.05. The Morgan fingerprint density at radius 1 is 1.30 bits per heavy atom. The van der Waals surface area contributed by atoms with Crippen LogP contribution in [0.4, 0.5) is 0 Å². The van der Waals surface area contributed by atoms with Crippen molar-refractivity contribution in [1.82, 2.24) is 0 Å². The molecule has 0 aromatic carbocycles. The highest BCUT2D eigenvalue weighted by atomic mass is 16.6. The summed E-state index contributed by atoms with van der Waals surface area (Å²) in [5, 5.41) is 10.1. The first-order chi connectivity index (χ1) is 10.4. The van der Waals surface area contributed by atoms with Gasteiger partial charge in [-0.15, -0.1) is 0 Å². The van der Waals surface area contributed by atoms with Crippen LogP contribution in [0.5, 0.6) is 0 Å². The van der Waals surface area contributed by atoms with Gasteiger partial charge in [-0.3, -0.25) is 0 Å². The van der Waals surface area contributed by atoms with Gasteiger partial charge in [0.05, 0.1) is 23.4 Å². The van der Waals surface area contributed by atoms with Crippen LogP contribution in [0.15, 0.2) is 12.2 Å². The third-order valence-corrected chi connectivity index (χ3v) is 5.10. The van der Waals surface area contributed by atoms with E-state index in [1.54, 1.807) is 20.8 Å². The van der Waals surface area contributed by atoms with Gasteiger partial charge in [-0.05, 0) is 48.0 Å². The zero-order chi connectivity index (χ0) is 17.6. The van der Waals surface area contributed by atoms with E-state index in [-0.39, 0.29) is 36.3 Å². The van der Waals surface area contributed by atoms with Crippen LogP contribution in [0.2, 0.25) is 0 Å². The fraction of sp³-hybridized carbons (Fsp3) is 0.833. The normalized spacial score (nSPS) is 32.0. The summed E-state index contributed by atoms with van der Waals surface area (Å²) in [5.41, 5.74) is -0.996. The highest BCUT2D eigenvalue weighted by Crippen LogP contribution is 2.47. The van der Waals surface area contributed by atoms with Gasteiger partial charge in [0.2, 0.25) is 0 Å². The number of aliphatic hydroxyl groups is 1. The standard InChI is InChI=1S/C18H30O5/c1-10(2)16(19)22-14-9-12-8-13(15(14)21-12)18(6,7)23-11(3)17(4,5)20/h11-15,20H,1,8-9H2,2-7H3. The average Bonchev–Trinajstić information content (AvgIpc) is 2.96. The van der Waals surface area contributed by atoms with Crippen LogP contribution in [-0.4, -0.2) is 46.7 Å². The number of ether oxygens (including phenoxy) is 3. The third kappa shape index (κ3) is 3.95. The van der Waals surface area contributed by atoms with Crippen molar-refractivity contribution in [2.45, 2.75) is 90.0 Å². The number of carbonyl (C=O) groups excluding carboxylic acids is 1. The summed E-state index contributed by atoms with van der Waals surface area (Å²) in [6, 6.07) is 0. The molecule has 0 aromatic rings. The summed E-state index contributed by atoms with van der Waals surface area (Å²) in [4.78, 5) is 11.8. The van der Waals surface area contributed by atoms with Gasteiger partial charge in [0.25, 0.3) is 0 Å². The molecular formula is C18H30O5. The van der Waals surface area contributed by atoms with Gasteiger partial charge in [0.15, 0.2) is 0 Å². The fourth-order valence-corrected chi connectivity index (χ4v) is 3.40. The van der Waals surface area contributed by atoms with Crippen LogP contribution in [-0.2, 0) is 19.0 Å². The molecule has 0 radical (unpaired) electrons. The summed E-state index contributed by atoms with van der Waals surface area (Å²) in [5.74, 6) is -0.248. The van der Waals surface area contributed by atoms with Crippen LogP contribution in [0.3, 0.4) is 0 Å². The molecule has 1 N–H and O–H groups in total. The maximum atomic E-state index is 11.8. The SMILES string of the molecule is C=C(C)C(=O)OC1CC2CC(C(C)(C)OC(C)C(C)(C)O)C1O2. The van der Waals surface area contributed by atoms with Crippen LogP contribution in [0.25, 0.3) is 0 Å². The van der Waals surface area contributed by atoms with Gasteiger partial charge < -0.3 is 19.3 Å². The summed E-state index contributed by atoms with van der Waals surface area (Å²) in [6.07, 6.45) is 1.01. The van der Waals surface area contributed by atoms with E-state index in [4.69, 9.17) is 14.2 Å². The van der Waals surface area contributed by atoms with Crippen molar-refractivity contribution in [3.63, 3.8) is 0 Å². The molecular weight excluding hydrogens is 296 g/mol. The van der Waals surface area contributed by atoms with Crippen molar-refractivity contribution < 1.29 is 24.1 Å². The second-order valence-corrected chi connectivity index (χ2v) is 8.04. The molecule has 2 saturated heterocycles. The van der Waals surface area contributed by atoms with Crippen molar-refractivity contribution in [2.75, 3.05) is 0 Å². The van der Waals surface area contributed by atoms with E-state index >= 15 is 0 Å². The minimum absolute atomic E-state index is 0.105. The molecule has 2 bridgehead atoms. The van der Waals surface area contributed by atoms with E-state index in [0.29, 0.717) is 5.57 Å². The van der Waals surface area contributed by atoms with Gasteiger partial charge in [-0.2, -0.15) is 0 Å². The van der Waals surface area contributed by atoms with Crippen molar-refractivity contribution in [2.24, 2.45) is 5.92 Å². The average molecular weight is 326 g/mol.